The summed E-state index contributed by atoms with van der Waals surface area (Å²) in [5.74, 6) is 0.256. The number of aromatic hydroxyl groups is 1. The molecule has 0 bridgehead atoms. The standard InChI is InChI=1S/C40H50N4O6/c1-2-6-33(46)20-35(48)21-34(47)13-9-28-10-14-38(49)39(17-28)50-26-44-23-36-32(22-43-37(36)24-44)19-31-18-29(11-12-30(31)25-45)40(41)42-16-15-27-7-4-3-5-8-27/h3-5,7-8,10-12,14,17-18,22-23,33,35,40,42,45-46,48-49H,2,6,9,13,15-16,19-21,24-26,41H2,1H3/t33-,35+,40+/m0/s1. The third-order valence-corrected chi connectivity index (χ3v) is 9.19. The van der Waals surface area contributed by atoms with Gasteiger partial charge < -0.3 is 35.8 Å². The van der Waals surface area contributed by atoms with E-state index in [4.69, 9.17) is 10.5 Å². The molecule has 7 N–H and O–H groups in total. The first-order valence-corrected chi connectivity index (χ1v) is 17.5. The smallest absolute Gasteiger partial charge is 0.163 e. The first-order chi connectivity index (χ1) is 24.2. The fourth-order valence-corrected chi connectivity index (χ4v) is 6.39. The molecule has 0 amide bonds. The molecule has 3 atom stereocenters. The van der Waals surface area contributed by atoms with Crippen molar-refractivity contribution in [2.45, 2.75) is 83.3 Å². The monoisotopic (exact) mass is 682 g/mol. The minimum atomic E-state index is -0.852. The summed E-state index contributed by atoms with van der Waals surface area (Å²) in [6.07, 6.45) is 5.90. The maximum atomic E-state index is 12.4. The molecular formula is C40H50N4O6. The number of aliphatic imine (C=N–C) groups is 1. The Bertz CT molecular complexity index is 1690. The van der Waals surface area contributed by atoms with Crippen molar-refractivity contribution in [3.63, 3.8) is 0 Å². The molecule has 0 aliphatic carbocycles. The predicted molar refractivity (Wildman–Crippen MR) is 195 cm³/mol. The fraction of sp³-hybridized carbons (Fsp3) is 0.400. The van der Waals surface area contributed by atoms with Gasteiger partial charge in [-0.05, 0) is 71.2 Å². The van der Waals surface area contributed by atoms with Crippen LogP contribution in [0.5, 0.6) is 11.5 Å². The van der Waals surface area contributed by atoms with Gasteiger partial charge in [-0.2, -0.15) is 0 Å². The zero-order chi connectivity index (χ0) is 35.5. The number of phenolic OH excluding ortho intramolecular Hbond substituents is 1. The minimum absolute atomic E-state index is 0.00885. The Morgan fingerprint density at radius 3 is 2.62 bits per heavy atom. The number of hydrogen-bond donors (Lipinski definition) is 6. The van der Waals surface area contributed by atoms with Gasteiger partial charge in [0.25, 0.3) is 0 Å². The molecule has 10 heteroatoms. The van der Waals surface area contributed by atoms with Gasteiger partial charge >= 0.3 is 0 Å². The molecule has 266 valence electrons. The Labute approximate surface area is 294 Å². The predicted octanol–water partition coefficient (Wildman–Crippen LogP) is 4.59. The van der Waals surface area contributed by atoms with E-state index >= 15 is 0 Å². The molecular weight excluding hydrogens is 632 g/mol. The fourth-order valence-electron chi connectivity index (χ4n) is 6.39. The van der Waals surface area contributed by atoms with E-state index in [-0.39, 0.29) is 50.3 Å². The van der Waals surface area contributed by atoms with E-state index in [1.807, 2.05) is 54.6 Å². The number of Topliss-reactive ketones (excluding diaryl/α,β-unsaturated/α-hetero) is 1. The summed E-state index contributed by atoms with van der Waals surface area (Å²) in [7, 11) is 0. The number of fused-ring (bicyclic) bond motifs is 1. The van der Waals surface area contributed by atoms with Crippen LogP contribution in [0, 0.1) is 0 Å². The highest BCUT2D eigenvalue weighted by molar-refractivity contribution is 6.09. The Kier molecular flexibility index (Phi) is 13.4. The number of allylic oxidation sites excluding steroid dienone is 1. The van der Waals surface area contributed by atoms with Gasteiger partial charge in [0.05, 0.1) is 37.2 Å². The molecule has 0 unspecified atom stereocenters. The van der Waals surface area contributed by atoms with Crippen molar-refractivity contribution in [2.75, 3.05) is 19.8 Å². The second-order valence-corrected chi connectivity index (χ2v) is 13.2. The Morgan fingerprint density at radius 1 is 1.02 bits per heavy atom. The number of aliphatic hydroxyl groups is 3. The maximum Gasteiger partial charge on any atom is 0.163 e. The normalized spacial score (nSPS) is 15.6. The molecule has 0 spiro atoms. The van der Waals surface area contributed by atoms with Gasteiger partial charge in [0.1, 0.15) is 5.78 Å². The molecule has 0 aromatic heterocycles. The molecule has 2 aliphatic heterocycles. The van der Waals surface area contributed by atoms with Crippen LogP contribution in [-0.4, -0.2) is 68.8 Å². The van der Waals surface area contributed by atoms with Crippen molar-refractivity contribution in [2.24, 2.45) is 10.7 Å². The number of rotatable bonds is 20. The summed E-state index contributed by atoms with van der Waals surface area (Å²) >= 11 is 0. The number of carbonyl (C=O) groups is 1. The average Bonchev–Trinajstić information content (AvgIpc) is 3.68. The van der Waals surface area contributed by atoms with Crippen molar-refractivity contribution < 1.29 is 30.0 Å². The lowest BCUT2D eigenvalue weighted by Crippen LogP contribution is -2.30. The number of ketones is 1. The number of aryl methyl sites for hydroxylation is 1. The van der Waals surface area contributed by atoms with E-state index in [1.165, 1.54) is 5.56 Å². The lowest BCUT2D eigenvalue weighted by atomic mass is 9.94. The number of benzene rings is 3. The Balaban J connectivity index is 1.13. The van der Waals surface area contributed by atoms with E-state index in [9.17, 15) is 25.2 Å². The molecule has 2 aliphatic rings. The first-order valence-electron chi connectivity index (χ1n) is 17.5. The van der Waals surface area contributed by atoms with Crippen LogP contribution in [0.15, 0.2) is 95.3 Å². The van der Waals surface area contributed by atoms with Crippen LogP contribution >= 0.6 is 0 Å². The average molecular weight is 683 g/mol. The van der Waals surface area contributed by atoms with E-state index in [0.29, 0.717) is 31.6 Å². The van der Waals surface area contributed by atoms with Gasteiger partial charge in [-0.1, -0.05) is 67.9 Å². The van der Waals surface area contributed by atoms with Crippen molar-refractivity contribution in [3.8, 4) is 11.5 Å². The molecule has 10 nitrogen and oxygen atoms in total. The first kappa shape index (κ1) is 36.9. The van der Waals surface area contributed by atoms with Crippen LogP contribution in [0.4, 0.5) is 0 Å². The van der Waals surface area contributed by atoms with Crippen molar-refractivity contribution in [1.82, 2.24) is 10.2 Å². The Morgan fingerprint density at radius 2 is 1.84 bits per heavy atom. The number of aliphatic hydroxyl groups excluding tert-OH is 3. The van der Waals surface area contributed by atoms with E-state index in [2.05, 4.69) is 28.5 Å². The molecule has 0 saturated heterocycles. The number of nitrogens with two attached hydrogens (primary N) is 1. The number of carbonyl (C=O) groups excluding carboxylic acids is 1. The zero-order valence-corrected chi connectivity index (χ0v) is 28.8. The summed E-state index contributed by atoms with van der Waals surface area (Å²) < 4.78 is 6.01. The van der Waals surface area contributed by atoms with Gasteiger partial charge in [-0.15, -0.1) is 0 Å². The second kappa shape index (κ2) is 18.1. The SMILES string of the molecule is CCC[C@H](O)C[C@@H](O)CC(=O)CCc1ccc(O)c(OCN2C=C3C(Cc4cc([C@H](N)NCCc5ccccc5)ccc4CO)=CN=C3C2)c1. The summed E-state index contributed by atoms with van der Waals surface area (Å²) in [6, 6.07) is 21.3. The molecule has 3 aromatic carbocycles. The van der Waals surface area contributed by atoms with Gasteiger partial charge in [-0.3, -0.25) is 15.1 Å². The summed E-state index contributed by atoms with van der Waals surface area (Å²) in [5.41, 5.74) is 14.4. The van der Waals surface area contributed by atoms with Gasteiger partial charge in [0, 0.05) is 43.8 Å². The molecule has 2 heterocycles. The third-order valence-electron chi connectivity index (χ3n) is 9.19. The van der Waals surface area contributed by atoms with Gasteiger partial charge in [-0.25, -0.2) is 0 Å². The number of ether oxygens (including phenoxy) is 1. The summed E-state index contributed by atoms with van der Waals surface area (Å²) in [5, 5.41) is 44.0. The van der Waals surface area contributed by atoms with Gasteiger partial charge in [0.15, 0.2) is 18.2 Å². The molecule has 3 aromatic rings. The topological polar surface area (TPSA) is 161 Å². The van der Waals surface area contributed by atoms with Crippen LogP contribution in [0.25, 0.3) is 0 Å². The van der Waals surface area contributed by atoms with E-state index in [1.54, 1.807) is 18.2 Å². The third kappa shape index (κ3) is 10.3. The van der Waals surface area contributed by atoms with Crippen LogP contribution in [0.3, 0.4) is 0 Å². The van der Waals surface area contributed by atoms with E-state index < -0.39 is 12.2 Å². The molecule has 0 radical (unpaired) electrons. The summed E-state index contributed by atoms with van der Waals surface area (Å²) in [4.78, 5) is 19.1. The van der Waals surface area contributed by atoms with Crippen LogP contribution in [0.2, 0.25) is 0 Å². The molecule has 0 fully saturated rings. The van der Waals surface area contributed by atoms with Crippen LogP contribution in [-0.2, 0) is 30.7 Å². The van der Waals surface area contributed by atoms with Crippen molar-refractivity contribution in [1.29, 1.82) is 0 Å². The van der Waals surface area contributed by atoms with Crippen LogP contribution < -0.4 is 15.8 Å². The summed E-state index contributed by atoms with van der Waals surface area (Å²) in [6.45, 7) is 3.39. The zero-order valence-electron chi connectivity index (χ0n) is 28.8. The number of nitrogens with zero attached hydrogens (tertiary/aromatic N) is 2. The minimum Gasteiger partial charge on any atom is -0.504 e. The lowest BCUT2D eigenvalue weighted by Gasteiger charge is -2.18. The highest BCUT2D eigenvalue weighted by atomic mass is 16.5. The number of nitrogens with one attached hydrogen (secondary N) is 1. The Hall–Kier alpha value is -4.32. The molecule has 0 saturated carbocycles. The number of phenols is 1. The second-order valence-electron chi connectivity index (χ2n) is 13.2. The largest absolute Gasteiger partial charge is 0.504 e. The maximum absolute atomic E-state index is 12.4. The van der Waals surface area contributed by atoms with Crippen molar-refractivity contribution >= 4 is 11.5 Å². The van der Waals surface area contributed by atoms with Crippen LogP contribution in [0.1, 0.15) is 73.0 Å². The molecule has 5 rings (SSSR count). The lowest BCUT2D eigenvalue weighted by molar-refractivity contribution is -0.121. The highest BCUT2D eigenvalue weighted by Crippen LogP contribution is 2.32. The quantitative estimate of drug-likeness (QED) is 0.0937. The van der Waals surface area contributed by atoms with Gasteiger partial charge in [0.2, 0.25) is 0 Å². The van der Waals surface area contributed by atoms with E-state index in [0.717, 1.165) is 58.5 Å². The van der Waals surface area contributed by atoms with Crippen molar-refractivity contribution in [3.05, 3.63) is 118 Å². The molecule has 50 heavy (non-hydrogen) atoms. The highest BCUT2D eigenvalue weighted by Gasteiger charge is 2.27. The number of hydrogen-bond acceptors (Lipinski definition) is 10.